The fourth-order valence-corrected chi connectivity index (χ4v) is 7.08. The zero-order chi connectivity index (χ0) is 31.9. The first kappa shape index (κ1) is 32.4. The Balaban J connectivity index is 1.55. The van der Waals surface area contributed by atoms with E-state index in [9.17, 15) is 19.5 Å². The third kappa shape index (κ3) is 7.80. The standard InChI is InChI=1S/C35H40N2O7S/c1-22(2)18-32(40)44-34-30-20-27(45-26-8-5-4-6-9-26)21-31(39)37(30)29-15-14-25(43-17-7-16-38)19-28(29)33(34)36-35(41)23-10-12-24(42-3)13-11-23/h4-6,8-15,19,22,27,30,33-34,38H,7,16-18,20-21H2,1-3H3,(H,36,41)/t27-,30-,33-,34-/m0/s1. The molecule has 0 saturated carbocycles. The van der Waals surface area contributed by atoms with Crippen molar-refractivity contribution in [2.75, 3.05) is 25.2 Å². The first-order valence-corrected chi connectivity index (χ1v) is 16.2. The summed E-state index contributed by atoms with van der Waals surface area (Å²) in [5.74, 6) is 0.410. The predicted molar refractivity (Wildman–Crippen MR) is 173 cm³/mol. The van der Waals surface area contributed by atoms with Crippen molar-refractivity contribution in [3.05, 3.63) is 83.9 Å². The second-order valence-corrected chi connectivity index (χ2v) is 13.1. The highest BCUT2D eigenvalue weighted by Gasteiger charge is 2.50. The largest absolute Gasteiger partial charge is 0.497 e. The Morgan fingerprint density at radius 1 is 1.04 bits per heavy atom. The number of aliphatic hydroxyl groups excluding tert-OH is 1. The molecule has 1 fully saturated rings. The fraction of sp³-hybridized carbons (Fsp3) is 0.400. The molecule has 9 nitrogen and oxygen atoms in total. The number of aliphatic hydroxyl groups is 1. The molecule has 5 rings (SSSR count). The van der Waals surface area contributed by atoms with E-state index in [-0.39, 0.29) is 42.0 Å². The van der Waals surface area contributed by atoms with Gasteiger partial charge >= 0.3 is 5.97 Å². The Morgan fingerprint density at radius 2 is 1.78 bits per heavy atom. The minimum absolute atomic E-state index is 0.00845. The van der Waals surface area contributed by atoms with Crippen LogP contribution in [-0.4, -0.2) is 60.6 Å². The Labute approximate surface area is 268 Å². The van der Waals surface area contributed by atoms with Gasteiger partial charge in [0.25, 0.3) is 5.91 Å². The number of hydrogen-bond acceptors (Lipinski definition) is 8. The van der Waals surface area contributed by atoms with Crippen LogP contribution in [0.5, 0.6) is 11.5 Å². The van der Waals surface area contributed by atoms with E-state index in [2.05, 4.69) is 5.32 Å². The number of rotatable bonds is 12. The number of ether oxygens (including phenoxy) is 3. The quantitative estimate of drug-likeness (QED) is 0.197. The van der Waals surface area contributed by atoms with Gasteiger partial charge in [0.2, 0.25) is 5.91 Å². The molecule has 2 amide bonds. The van der Waals surface area contributed by atoms with E-state index >= 15 is 0 Å². The summed E-state index contributed by atoms with van der Waals surface area (Å²) in [6, 6.07) is 20.9. The third-order valence-electron chi connectivity index (χ3n) is 7.91. The van der Waals surface area contributed by atoms with Crippen LogP contribution < -0.4 is 19.7 Å². The van der Waals surface area contributed by atoms with Gasteiger partial charge in [0, 0.05) is 52.8 Å². The first-order valence-electron chi connectivity index (χ1n) is 15.3. The van der Waals surface area contributed by atoms with E-state index in [1.54, 1.807) is 60.2 Å². The van der Waals surface area contributed by atoms with Crippen molar-refractivity contribution in [3.63, 3.8) is 0 Å². The molecule has 2 heterocycles. The summed E-state index contributed by atoms with van der Waals surface area (Å²) in [5.41, 5.74) is 1.69. The van der Waals surface area contributed by atoms with Crippen molar-refractivity contribution < 1.29 is 33.7 Å². The van der Waals surface area contributed by atoms with E-state index in [4.69, 9.17) is 14.2 Å². The number of methoxy groups -OCH3 is 1. The lowest BCUT2D eigenvalue weighted by Crippen LogP contribution is -2.61. The number of piperidine rings is 1. The molecule has 0 bridgehead atoms. The number of fused-ring (bicyclic) bond motifs is 3. The van der Waals surface area contributed by atoms with Gasteiger partial charge in [-0.2, -0.15) is 0 Å². The summed E-state index contributed by atoms with van der Waals surface area (Å²) in [6.45, 7) is 4.18. The van der Waals surface area contributed by atoms with Gasteiger partial charge in [0.05, 0.1) is 25.8 Å². The number of benzene rings is 3. The molecule has 0 aromatic heterocycles. The number of hydrogen-bond donors (Lipinski definition) is 2. The van der Waals surface area contributed by atoms with Crippen LogP contribution in [0.2, 0.25) is 0 Å². The summed E-state index contributed by atoms with van der Waals surface area (Å²) < 4.78 is 17.4. The summed E-state index contributed by atoms with van der Waals surface area (Å²) in [7, 11) is 1.56. The molecule has 0 aliphatic carbocycles. The van der Waals surface area contributed by atoms with Gasteiger partial charge < -0.3 is 29.5 Å². The van der Waals surface area contributed by atoms with Gasteiger partial charge in [0.15, 0.2) is 0 Å². The van der Waals surface area contributed by atoms with Crippen molar-refractivity contribution in [1.29, 1.82) is 0 Å². The Hall–Kier alpha value is -4.02. The lowest BCUT2D eigenvalue weighted by atomic mass is 9.82. The average Bonchev–Trinajstić information content (AvgIpc) is 3.02. The number of carbonyl (C=O) groups is 3. The number of anilines is 1. The summed E-state index contributed by atoms with van der Waals surface area (Å²) in [5, 5.41) is 12.3. The van der Waals surface area contributed by atoms with Crippen LogP contribution in [0.3, 0.4) is 0 Å². The number of nitrogens with zero attached hydrogens (tertiary/aromatic N) is 1. The second-order valence-electron chi connectivity index (χ2n) is 11.7. The first-order chi connectivity index (χ1) is 21.8. The monoisotopic (exact) mass is 632 g/mol. The molecular weight excluding hydrogens is 592 g/mol. The molecular formula is C35H40N2O7S. The minimum atomic E-state index is -0.846. The fourth-order valence-electron chi connectivity index (χ4n) is 5.86. The SMILES string of the molecule is COc1ccc(C(=O)N[C@H]2c3cc(OCCCO)ccc3N3C(=O)C[C@@H](Sc4ccccc4)C[C@H]3[C@@H]2OC(=O)CC(C)C)cc1. The number of nitrogens with one attached hydrogen (secondary N) is 1. The molecule has 45 heavy (non-hydrogen) atoms. The predicted octanol–water partition coefficient (Wildman–Crippen LogP) is 5.56. The second kappa shape index (κ2) is 14.8. The van der Waals surface area contributed by atoms with Crippen LogP contribution in [-0.2, 0) is 14.3 Å². The van der Waals surface area contributed by atoms with Crippen LogP contribution in [0.15, 0.2) is 77.7 Å². The van der Waals surface area contributed by atoms with Crippen LogP contribution in [0, 0.1) is 5.92 Å². The Morgan fingerprint density at radius 3 is 2.47 bits per heavy atom. The van der Waals surface area contributed by atoms with Crippen molar-refractivity contribution in [2.24, 2.45) is 5.92 Å². The molecule has 0 radical (unpaired) electrons. The summed E-state index contributed by atoms with van der Waals surface area (Å²) >= 11 is 1.64. The van der Waals surface area contributed by atoms with Gasteiger partial charge in [0.1, 0.15) is 17.6 Å². The molecule has 238 valence electrons. The number of esters is 1. The Bertz CT molecular complexity index is 1480. The van der Waals surface area contributed by atoms with Crippen LogP contribution in [0.4, 0.5) is 5.69 Å². The summed E-state index contributed by atoms with van der Waals surface area (Å²) in [6.07, 6.45) is 0.697. The van der Waals surface area contributed by atoms with E-state index in [1.165, 1.54) is 0 Å². The summed E-state index contributed by atoms with van der Waals surface area (Å²) in [4.78, 5) is 43.7. The lowest BCUT2D eigenvalue weighted by Gasteiger charge is -2.49. The van der Waals surface area contributed by atoms with Crippen LogP contribution in [0.25, 0.3) is 0 Å². The minimum Gasteiger partial charge on any atom is -0.497 e. The molecule has 2 aliphatic rings. The number of amides is 2. The van der Waals surface area contributed by atoms with E-state index < -0.39 is 18.2 Å². The van der Waals surface area contributed by atoms with Gasteiger partial charge in [-0.25, -0.2) is 0 Å². The molecule has 3 aromatic rings. The number of carbonyl (C=O) groups excluding carboxylic acids is 3. The Kier molecular flexibility index (Phi) is 10.7. The maximum atomic E-state index is 13.9. The molecule has 3 aromatic carbocycles. The van der Waals surface area contributed by atoms with Gasteiger partial charge in [-0.1, -0.05) is 32.0 Å². The maximum Gasteiger partial charge on any atom is 0.306 e. The van der Waals surface area contributed by atoms with Crippen LogP contribution in [0.1, 0.15) is 61.5 Å². The van der Waals surface area contributed by atoms with Crippen molar-refractivity contribution in [1.82, 2.24) is 5.32 Å². The van der Waals surface area contributed by atoms with Crippen molar-refractivity contribution >= 4 is 35.2 Å². The highest BCUT2D eigenvalue weighted by molar-refractivity contribution is 8.00. The van der Waals surface area contributed by atoms with Gasteiger partial charge in [-0.05, 0) is 66.9 Å². The van der Waals surface area contributed by atoms with Crippen LogP contribution >= 0.6 is 11.8 Å². The maximum absolute atomic E-state index is 13.9. The van der Waals surface area contributed by atoms with E-state index in [0.29, 0.717) is 54.2 Å². The molecule has 1 saturated heterocycles. The number of thioether (sulfide) groups is 1. The molecule has 2 N–H and O–H groups in total. The smallest absolute Gasteiger partial charge is 0.306 e. The zero-order valence-electron chi connectivity index (χ0n) is 25.8. The zero-order valence-corrected chi connectivity index (χ0v) is 26.6. The molecule has 2 aliphatic heterocycles. The molecule has 10 heteroatoms. The highest BCUT2D eigenvalue weighted by Crippen LogP contribution is 2.46. The lowest BCUT2D eigenvalue weighted by molar-refractivity contribution is -0.154. The van der Waals surface area contributed by atoms with Crippen molar-refractivity contribution in [3.8, 4) is 11.5 Å². The average molecular weight is 633 g/mol. The highest BCUT2D eigenvalue weighted by atomic mass is 32.2. The third-order valence-corrected chi connectivity index (χ3v) is 9.14. The molecule has 0 spiro atoms. The van der Waals surface area contributed by atoms with E-state index in [0.717, 1.165) is 4.90 Å². The topological polar surface area (TPSA) is 114 Å². The molecule has 4 atom stereocenters. The normalized spacial score (nSPS) is 20.6. The van der Waals surface area contributed by atoms with Gasteiger partial charge in [-0.15, -0.1) is 11.8 Å². The van der Waals surface area contributed by atoms with E-state index in [1.807, 2.05) is 50.2 Å². The van der Waals surface area contributed by atoms with Crippen molar-refractivity contribution in [2.45, 2.75) is 67.9 Å². The molecule has 0 unspecified atom stereocenters. The van der Waals surface area contributed by atoms with Gasteiger partial charge in [-0.3, -0.25) is 14.4 Å².